The maximum Gasteiger partial charge on any atom is 0.251 e. The molecule has 0 spiro atoms. The van der Waals surface area contributed by atoms with Crippen LogP contribution in [0.15, 0.2) is 42.5 Å². The fourth-order valence-corrected chi connectivity index (χ4v) is 3.40. The number of hydrogen-bond donors (Lipinski definition) is 0. The molecule has 0 radical (unpaired) electrons. The number of hydrogen-bond acceptors (Lipinski definition) is 4. The largest absolute Gasteiger partial charge is 0.493 e. The molecule has 0 aliphatic carbocycles. The summed E-state index contributed by atoms with van der Waals surface area (Å²) in [5.41, 5.74) is 2.93. The molecule has 0 aromatic heterocycles. The van der Waals surface area contributed by atoms with Crippen LogP contribution in [-0.4, -0.2) is 33.3 Å². The van der Waals surface area contributed by atoms with E-state index in [0.717, 1.165) is 17.7 Å². The van der Waals surface area contributed by atoms with Crippen molar-refractivity contribution in [3.05, 3.63) is 53.6 Å². The third kappa shape index (κ3) is 3.12. The Morgan fingerprint density at radius 1 is 1.04 bits per heavy atom. The molecule has 1 atom stereocenters. The smallest absolute Gasteiger partial charge is 0.251 e. The van der Waals surface area contributed by atoms with Gasteiger partial charge < -0.3 is 19.1 Å². The van der Waals surface area contributed by atoms with Crippen LogP contribution in [0.4, 0.5) is 5.69 Å². The van der Waals surface area contributed by atoms with Gasteiger partial charge in [0.1, 0.15) is 0 Å². The van der Waals surface area contributed by atoms with Gasteiger partial charge in [0, 0.05) is 23.4 Å². The quantitative estimate of drug-likeness (QED) is 0.769. The van der Waals surface area contributed by atoms with E-state index in [-0.39, 0.29) is 11.9 Å². The zero-order valence-corrected chi connectivity index (χ0v) is 15.5. The van der Waals surface area contributed by atoms with Crippen molar-refractivity contribution < 1.29 is 19.0 Å². The first-order valence-electron chi connectivity index (χ1n) is 8.48. The molecule has 2 aromatic carbocycles. The Bertz CT molecular complexity index is 844. The Morgan fingerprint density at radius 2 is 1.77 bits per heavy atom. The van der Waals surface area contributed by atoms with Crippen molar-refractivity contribution in [2.24, 2.45) is 0 Å². The molecule has 136 valence electrons. The van der Waals surface area contributed by atoms with E-state index in [1.165, 1.54) is 5.56 Å². The number of para-hydroxylation sites is 1. The Labute approximate surface area is 153 Å². The number of rotatable bonds is 5. The molecule has 0 saturated carbocycles. The highest BCUT2D eigenvalue weighted by Gasteiger charge is 2.29. The molecule has 5 heteroatoms. The summed E-state index contributed by atoms with van der Waals surface area (Å²) in [6.45, 7) is 2.06. The number of benzene rings is 2. The maximum absolute atomic E-state index is 12.8. The Morgan fingerprint density at radius 3 is 2.46 bits per heavy atom. The van der Waals surface area contributed by atoms with E-state index in [2.05, 4.69) is 13.0 Å². The van der Waals surface area contributed by atoms with E-state index in [0.29, 0.717) is 17.2 Å². The van der Waals surface area contributed by atoms with E-state index < -0.39 is 0 Å². The fourth-order valence-electron chi connectivity index (χ4n) is 3.40. The molecule has 0 fully saturated rings. The van der Waals surface area contributed by atoms with Gasteiger partial charge in [-0.25, -0.2) is 0 Å². The first kappa shape index (κ1) is 17.9. The average molecular weight is 353 g/mol. The monoisotopic (exact) mass is 353 g/mol. The maximum atomic E-state index is 12.8. The SMILES string of the molecule is COc1ccc(/C=C/C(=O)N2c3ccccc3CC2C)c(OC)c1OC. The number of methoxy groups -OCH3 is 3. The Kier molecular flexibility index (Phi) is 5.16. The molecule has 0 bridgehead atoms. The third-order valence-corrected chi connectivity index (χ3v) is 4.58. The van der Waals surface area contributed by atoms with Crippen molar-refractivity contribution in [3.8, 4) is 17.2 Å². The van der Waals surface area contributed by atoms with Gasteiger partial charge in [0.2, 0.25) is 5.75 Å². The summed E-state index contributed by atoms with van der Waals surface area (Å²) in [6.07, 6.45) is 4.19. The summed E-state index contributed by atoms with van der Waals surface area (Å²) >= 11 is 0. The molecule has 1 aliphatic heterocycles. The molecular weight excluding hydrogens is 330 g/mol. The van der Waals surface area contributed by atoms with Crippen LogP contribution in [0, 0.1) is 0 Å². The lowest BCUT2D eigenvalue weighted by Crippen LogP contribution is -2.34. The van der Waals surface area contributed by atoms with E-state index in [9.17, 15) is 4.79 Å². The number of carbonyl (C=O) groups is 1. The van der Waals surface area contributed by atoms with Crippen molar-refractivity contribution in [1.29, 1.82) is 0 Å². The van der Waals surface area contributed by atoms with Crippen LogP contribution in [0.3, 0.4) is 0 Å². The number of carbonyl (C=O) groups excluding carboxylic acids is 1. The molecule has 1 unspecified atom stereocenters. The minimum absolute atomic E-state index is 0.0562. The zero-order chi connectivity index (χ0) is 18.7. The number of anilines is 1. The van der Waals surface area contributed by atoms with Crippen LogP contribution < -0.4 is 19.1 Å². The van der Waals surface area contributed by atoms with Crippen LogP contribution in [0.25, 0.3) is 6.08 Å². The van der Waals surface area contributed by atoms with Crippen molar-refractivity contribution >= 4 is 17.7 Å². The van der Waals surface area contributed by atoms with Crippen LogP contribution in [-0.2, 0) is 11.2 Å². The van der Waals surface area contributed by atoms with Crippen molar-refractivity contribution in [3.63, 3.8) is 0 Å². The third-order valence-electron chi connectivity index (χ3n) is 4.58. The molecule has 2 aromatic rings. The number of ether oxygens (including phenoxy) is 3. The number of fused-ring (bicyclic) bond motifs is 1. The molecule has 1 amide bonds. The Balaban J connectivity index is 1.90. The lowest BCUT2D eigenvalue weighted by Gasteiger charge is -2.21. The van der Waals surface area contributed by atoms with E-state index >= 15 is 0 Å². The molecule has 0 N–H and O–H groups in total. The van der Waals surface area contributed by atoms with E-state index in [4.69, 9.17) is 14.2 Å². The normalized spacial score (nSPS) is 15.8. The predicted octanol–water partition coefficient (Wildman–Crippen LogP) is 3.70. The van der Waals surface area contributed by atoms with Crippen LogP contribution >= 0.6 is 0 Å². The predicted molar refractivity (Wildman–Crippen MR) is 102 cm³/mol. The van der Waals surface area contributed by atoms with Gasteiger partial charge >= 0.3 is 0 Å². The van der Waals surface area contributed by atoms with Crippen molar-refractivity contribution in [2.45, 2.75) is 19.4 Å². The second-order valence-corrected chi connectivity index (χ2v) is 6.15. The van der Waals surface area contributed by atoms with E-state index in [1.807, 2.05) is 29.2 Å². The van der Waals surface area contributed by atoms with Gasteiger partial charge in [-0.1, -0.05) is 18.2 Å². The highest BCUT2D eigenvalue weighted by molar-refractivity contribution is 6.05. The van der Waals surface area contributed by atoms with Crippen LogP contribution in [0.5, 0.6) is 17.2 Å². The van der Waals surface area contributed by atoms with Gasteiger partial charge in [0.25, 0.3) is 5.91 Å². The Hall–Kier alpha value is -2.95. The summed E-state index contributed by atoms with van der Waals surface area (Å²) in [5, 5.41) is 0. The molecule has 0 saturated heterocycles. The first-order valence-corrected chi connectivity index (χ1v) is 8.48. The number of amides is 1. The summed E-state index contributed by atoms with van der Waals surface area (Å²) in [4.78, 5) is 14.6. The second-order valence-electron chi connectivity index (χ2n) is 6.15. The summed E-state index contributed by atoms with van der Waals surface area (Å²) in [5.74, 6) is 1.56. The van der Waals surface area contributed by atoms with Gasteiger partial charge in [-0.05, 0) is 43.2 Å². The molecule has 1 aliphatic rings. The first-order chi connectivity index (χ1) is 12.6. The summed E-state index contributed by atoms with van der Waals surface area (Å²) in [6, 6.07) is 11.8. The molecule has 26 heavy (non-hydrogen) atoms. The van der Waals surface area contributed by atoms with E-state index in [1.54, 1.807) is 39.5 Å². The summed E-state index contributed by atoms with van der Waals surface area (Å²) < 4.78 is 16.1. The highest BCUT2D eigenvalue weighted by atomic mass is 16.5. The van der Waals surface area contributed by atoms with Gasteiger partial charge in [-0.3, -0.25) is 4.79 Å². The topological polar surface area (TPSA) is 48.0 Å². The van der Waals surface area contributed by atoms with Gasteiger partial charge in [0.15, 0.2) is 11.5 Å². The highest BCUT2D eigenvalue weighted by Crippen LogP contribution is 2.40. The second kappa shape index (κ2) is 7.52. The van der Waals surface area contributed by atoms with Crippen molar-refractivity contribution in [2.75, 3.05) is 26.2 Å². The standard InChI is InChI=1S/C21H23NO4/c1-14-13-16-7-5-6-8-17(16)22(14)19(23)12-10-15-9-11-18(24-2)21(26-4)20(15)25-3/h5-12,14H,13H2,1-4H3/b12-10+. The van der Waals surface area contributed by atoms with Crippen LogP contribution in [0.2, 0.25) is 0 Å². The van der Waals surface area contributed by atoms with Gasteiger partial charge in [0.05, 0.1) is 21.3 Å². The lowest BCUT2D eigenvalue weighted by atomic mass is 10.1. The van der Waals surface area contributed by atoms with Gasteiger partial charge in [-0.2, -0.15) is 0 Å². The fraction of sp³-hybridized carbons (Fsp3) is 0.286. The zero-order valence-electron chi connectivity index (χ0n) is 15.5. The van der Waals surface area contributed by atoms with Gasteiger partial charge in [-0.15, -0.1) is 0 Å². The molecular formula is C21H23NO4. The minimum atomic E-state index is -0.0562. The van der Waals surface area contributed by atoms with Crippen LogP contribution in [0.1, 0.15) is 18.1 Å². The molecule has 3 rings (SSSR count). The lowest BCUT2D eigenvalue weighted by molar-refractivity contribution is -0.114. The molecule has 1 heterocycles. The van der Waals surface area contributed by atoms with Crippen molar-refractivity contribution in [1.82, 2.24) is 0 Å². The summed E-state index contributed by atoms with van der Waals surface area (Å²) in [7, 11) is 4.69. The molecule has 5 nitrogen and oxygen atoms in total. The average Bonchev–Trinajstić information content (AvgIpc) is 3.00. The minimum Gasteiger partial charge on any atom is -0.493 e. The number of nitrogens with zero attached hydrogens (tertiary/aromatic N) is 1.